The highest BCUT2D eigenvalue weighted by Gasteiger charge is 2.24. The van der Waals surface area contributed by atoms with Gasteiger partial charge in [0.1, 0.15) is 17.1 Å². The van der Waals surface area contributed by atoms with Gasteiger partial charge in [0.2, 0.25) is 0 Å². The topological polar surface area (TPSA) is 118 Å². The Morgan fingerprint density at radius 2 is 1.67 bits per heavy atom. The summed E-state index contributed by atoms with van der Waals surface area (Å²) in [5.74, 6) is -2.07. The monoisotopic (exact) mass is 440 g/mol. The first kappa shape index (κ1) is 26.0. The van der Waals surface area contributed by atoms with E-state index in [2.05, 4.69) is 6.08 Å². The Morgan fingerprint density at radius 1 is 1.10 bits per heavy atom. The van der Waals surface area contributed by atoms with E-state index in [-0.39, 0.29) is 33.9 Å². The van der Waals surface area contributed by atoms with Crippen LogP contribution in [0.4, 0.5) is 0 Å². The molecule has 168 valence electrons. The molecule has 0 aromatic heterocycles. The summed E-state index contributed by atoms with van der Waals surface area (Å²) in [7, 11) is 0. The number of rotatable bonds is 10. The number of phenolic OH excluding ortho intramolecular Hbond substituents is 1. The fourth-order valence-corrected chi connectivity index (χ4v) is 3.27. The molecule has 7 heteroatoms. The van der Waals surface area contributed by atoms with Crippen molar-refractivity contribution in [1.29, 1.82) is 0 Å². The maximum Gasteiger partial charge on any atom is 0.339 e. The molecule has 0 radical (unpaired) electrons. The van der Waals surface area contributed by atoms with Crippen LogP contribution in [0.25, 0.3) is 0 Å². The molecule has 1 aromatic carbocycles. The molecule has 0 aliphatic rings. The van der Waals surface area contributed by atoms with Crippen LogP contribution in [0.2, 0.25) is 5.02 Å². The van der Waals surface area contributed by atoms with Crippen LogP contribution in [0.1, 0.15) is 74.9 Å². The summed E-state index contributed by atoms with van der Waals surface area (Å²) in [6, 6.07) is 0. The van der Waals surface area contributed by atoms with Crippen molar-refractivity contribution in [2.75, 3.05) is 0 Å². The lowest BCUT2D eigenvalue weighted by molar-refractivity contribution is -0.0509. The standard InChI is InChI=1S/C23H33ClO6/c1-13(7-6-8-14(2)10-12-17(25)23(4,5)30)9-11-16-20(26)18(22(28)29)15(3)19(24)21(16)27/h8-9,17,25-27,30H,6-7,10-12H2,1-5H3,(H,28,29). The second kappa shape index (κ2) is 10.8. The number of carboxylic acid groups (broad SMARTS) is 1. The quantitative estimate of drug-likeness (QED) is 0.331. The van der Waals surface area contributed by atoms with E-state index in [0.717, 1.165) is 24.0 Å². The third kappa shape index (κ3) is 7.04. The number of hydrogen-bond acceptors (Lipinski definition) is 5. The van der Waals surface area contributed by atoms with Gasteiger partial charge in [-0.2, -0.15) is 0 Å². The van der Waals surface area contributed by atoms with Crippen molar-refractivity contribution in [3.8, 4) is 11.5 Å². The van der Waals surface area contributed by atoms with Crippen molar-refractivity contribution in [3.63, 3.8) is 0 Å². The molecule has 0 aliphatic carbocycles. The van der Waals surface area contributed by atoms with E-state index in [1.54, 1.807) is 13.8 Å². The van der Waals surface area contributed by atoms with Gasteiger partial charge < -0.3 is 25.5 Å². The minimum Gasteiger partial charge on any atom is -0.507 e. The Bertz CT molecular complexity index is 833. The Balaban J connectivity index is 2.76. The Hall–Kier alpha value is -2.02. The van der Waals surface area contributed by atoms with Crippen LogP contribution >= 0.6 is 11.6 Å². The molecule has 0 amide bonds. The second-order valence-electron chi connectivity index (χ2n) is 8.35. The summed E-state index contributed by atoms with van der Waals surface area (Å²) in [4.78, 5) is 11.4. The lowest BCUT2D eigenvalue weighted by Crippen LogP contribution is -2.35. The molecule has 0 saturated heterocycles. The van der Waals surface area contributed by atoms with Crippen LogP contribution in [-0.4, -0.2) is 43.2 Å². The van der Waals surface area contributed by atoms with Gasteiger partial charge in [0.05, 0.1) is 16.7 Å². The van der Waals surface area contributed by atoms with E-state index in [0.29, 0.717) is 12.8 Å². The Labute approximate surface area is 183 Å². The van der Waals surface area contributed by atoms with Crippen LogP contribution in [0.3, 0.4) is 0 Å². The zero-order chi connectivity index (χ0) is 23.2. The predicted octanol–water partition coefficient (Wildman–Crippen LogP) is 4.89. The summed E-state index contributed by atoms with van der Waals surface area (Å²) in [6.07, 6.45) is 5.99. The predicted molar refractivity (Wildman–Crippen MR) is 118 cm³/mol. The number of carboxylic acids is 1. The zero-order valence-corrected chi connectivity index (χ0v) is 19.0. The number of aromatic carboxylic acids is 1. The van der Waals surface area contributed by atoms with Gasteiger partial charge in [-0.25, -0.2) is 4.79 Å². The number of carbonyl (C=O) groups is 1. The molecule has 0 fully saturated rings. The molecule has 1 rings (SSSR count). The smallest absolute Gasteiger partial charge is 0.339 e. The van der Waals surface area contributed by atoms with Crippen molar-refractivity contribution in [2.45, 2.75) is 78.4 Å². The SMILES string of the molecule is CC(=CCc1c(O)c(Cl)c(C)c(C(=O)O)c1O)CCC=C(C)CCC(O)C(C)(C)O. The third-order valence-electron chi connectivity index (χ3n) is 5.25. The molecule has 6 nitrogen and oxygen atoms in total. The Kier molecular flexibility index (Phi) is 9.40. The molecule has 5 N–H and O–H groups in total. The van der Waals surface area contributed by atoms with Gasteiger partial charge in [-0.3, -0.25) is 0 Å². The minimum absolute atomic E-state index is 0.0712. The summed E-state index contributed by atoms with van der Waals surface area (Å²) in [5, 5.41) is 49.4. The van der Waals surface area contributed by atoms with E-state index in [9.17, 15) is 30.3 Å². The molecule has 0 heterocycles. The molecule has 0 spiro atoms. The molecule has 30 heavy (non-hydrogen) atoms. The number of halogens is 1. The number of aliphatic hydroxyl groups excluding tert-OH is 1. The van der Waals surface area contributed by atoms with Gasteiger partial charge in [0.15, 0.2) is 0 Å². The molecule has 1 unspecified atom stereocenters. The van der Waals surface area contributed by atoms with Crippen molar-refractivity contribution in [2.24, 2.45) is 0 Å². The number of phenols is 2. The largest absolute Gasteiger partial charge is 0.507 e. The molecular weight excluding hydrogens is 408 g/mol. The van der Waals surface area contributed by atoms with Crippen LogP contribution in [0.5, 0.6) is 11.5 Å². The normalized spacial score (nSPS) is 14.1. The maximum atomic E-state index is 11.4. The highest BCUT2D eigenvalue weighted by molar-refractivity contribution is 6.33. The number of aromatic hydroxyl groups is 2. The summed E-state index contributed by atoms with van der Waals surface area (Å²) in [6.45, 7) is 8.50. The van der Waals surface area contributed by atoms with Gasteiger partial charge in [-0.15, -0.1) is 0 Å². The van der Waals surface area contributed by atoms with Crippen LogP contribution < -0.4 is 0 Å². The minimum atomic E-state index is -1.30. The van der Waals surface area contributed by atoms with E-state index >= 15 is 0 Å². The lowest BCUT2D eigenvalue weighted by atomic mass is 9.95. The number of allylic oxidation sites excluding steroid dienone is 4. The average Bonchev–Trinajstić information content (AvgIpc) is 2.63. The molecule has 0 aliphatic heterocycles. The summed E-state index contributed by atoms with van der Waals surface area (Å²) < 4.78 is 0. The zero-order valence-electron chi connectivity index (χ0n) is 18.3. The van der Waals surface area contributed by atoms with Crippen LogP contribution in [0, 0.1) is 6.92 Å². The summed E-state index contributed by atoms with van der Waals surface area (Å²) >= 11 is 6.03. The molecule has 1 aromatic rings. The lowest BCUT2D eigenvalue weighted by Gasteiger charge is -2.24. The van der Waals surface area contributed by atoms with Gasteiger partial charge in [-0.1, -0.05) is 34.9 Å². The highest BCUT2D eigenvalue weighted by Crippen LogP contribution is 2.41. The van der Waals surface area contributed by atoms with Crippen LogP contribution in [0.15, 0.2) is 23.3 Å². The first-order valence-corrected chi connectivity index (χ1v) is 10.3. The van der Waals surface area contributed by atoms with E-state index in [4.69, 9.17) is 11.6 Å². The van der Waals surface area contributed by atoms with Crippen molar-refractivity contribution >= 4 is 17.6 Å². The van der Waals surface area contributed by atoms with E-state index < -0.39 is 23.4 Å². The van der Waals surface area contributed by atoms with Crippen molar-refractivity contribution in [1.82, 2.24) is 0 Å². The van der Waals surface area contributed by atoms with E-state index in [1.807, 2.05) is 19.9 Å². The van der Waals surface area contributed by atoms with Crippen molar-refractivity contribution < 1.29 is 30.3 Å². The molecular formula is C23H33ClO6. The van der Waals surface area contributed by atoms with Gasteiger partial charge >= 0.3 is 5.97 Å². The van der Waals surface area contributed by atoms with Crippen molar-refractivity contribution in [3.05, 3.63) is 45.0 Å². The van der Waals surface area contributed by atoms with Crippen LogP contribution in [-0.2, 0) is 6.42 Å². The fourth-order valence-electron chi connectivity index (χ4n) is 3.06. The first-order valence-electron chi connectivity index (χ1n) is 9.95. The first-order chi connectivity index (χ1) is 13.8. The van der Waals surface area contributed by atoms with E-state index in [1.165, 1.54) is 6.92 Å². The molecule has 1 atom stereocenters. The third-order valence-corrected chi connectivity index (χ3v) is 5.71. The second-order valence-corrected chi connectivity index (χ2v) is 8.72. The molecule has 0 bridgehead atoms. The Morgan fingerprint density at radius 3 is 2.20 bits per heavy atom. The summed E-state index contributed by atoms with van der Waals surface area (Å²) in [5.41, 5.74) is 0.941. The van der Waals surface area contributed by atoms with Gasteiger partial charge in [0, 0.05) is 5.56 Å². The highest BCUT2D eigenvalue weighted by atomic mass is 35.5. The number of hydrogen-bond donors (Lipinski definition) is 5. The number of benzene rings is 1. The van der Waals surface area contributed by atoms with Gasteiger partial charge in [-0.05, 0) is 72.3 Å². The fraction of sp³-hybridized carbons (Fsp3) is 0.522. The van der Waals surface area contributed by atoms with Gasteiger partial charge in [0.25, 0.3) is 0 Å². The molecule has 0 saturated carbocycles. The maximum absolute atomic E-state index is 11.4. The average molecular weight is 441 g/mol. The number of aliphatic hydroxyl groups is 2.